The van der Waals surface area contributed by atoms with Crippen molar-refractivity contribution in [2.24, 2.45) is 0 Å². The van der Waals surface area contributed by atoms with Crippen LogP contribution < -0.4 is 5.32 Å². The highest BCUT2D eigenvalue weighted by atomic mass is 35.5. The van der Waals surface area contributed by atoms with Gasteiger partial charge in [0.15, 0.2) is 0 Å². The molecule has 1 amide bonds. The van der Waals surface area contributed by atoms with Crippen molar-refractivity contribution in [1.82, 2.24) is 4.90 Å². The number of hydrogen-bond acceptors (Lipinski definition) is 4. The number of carbonyl (C=O) groups excluding carboxylic acids is 1. The van der Waals surface area contributed by atoms with Crippen LogP contribution in [0, 0.1) is 11.3 Å². The highest BCUT2D eigenvalue weighted by Crippen LogP contribution is 2.37. The first-order valence-corrected chi connectivity index (χ1v) is 10.0. The first-order chi connectivity index (χ1) is 12.5. The van der Waals surface area contributed by atoms with E-state index >= 15 is 0 Å². The summed E-state index contributed by atoms with van der Waals surface area (Å²) in [6, 6.07) is 7.72. The van der Waals surface area contributed by atoms with Gasteiger partial charge in [-0.15, -0.1) is 11.3 Å². The van der Waals surface area contributed by atoms with Gasteiger partial charge in [-0.25, -0.2) is 0 Å². The smallest absolute Gasteiger partial charge is 0.239 e. The molecule has 0 unspecified atom stereocenters. The molecule has 2 aromatic rings. The number of fused-ring (bicyclic) bond motifs is 1. The van der Waals surface area contributed by atoms with Crippen molar-refractivity contribution in [3.8, 4) is 6.07 Å². The summed E-state index contributed by atoms with van der Waals surface area (Å²) in [6.45, 7) is 0.810. The summed E-state index contributed by atoms with van der Waals surface area (Å²) in [4.78, 5) is 15.6. The Morgan fingerprint density at radius 3 is 2.81 bits per heavy atom. The molecular formula is C19H19Cl2N3OS. The topological polar surface area (TPSA) is 56.1 Å². The molecule has 4 nitrogen and oxygen atoms in total. The number of anilines is 1. The molecule has 0 bridgehead atoms. The van der Waals surface area contributed by atoms with Gasteiger partial charge < -0.3 is 5.32 Å². The average Bonchev–Trinajstić information content (AvgIpc) is 2.94. The van der Waals surface area contributed by atoms with E-state index in [9.17, 15) is 10.1 Å². The van der Waals surface area contributed by atoms with Crippen molar-refractivity contribution in [3.63, 3.8) is 0 Å². The van der Waals surface area contributed by atoms with Crippen LogP contribution in [0.1, 0.15) is 34.4 Å². The van der Waals surface area contributed by atoms with Gasteiger partial charge in [-0.1, -0.05) is 29.3 Å². The Kier molecular flexibility index (Phi) is 6.20. The summed E-state index contributed by atoms with van der Waals surface area (Å²) in [5, 5.41) is 14.1. The molecule has 1 N–H and O–H groups in total. The molecule has 1 aromatic carbocycles. The molecule has 1 heterocycles. The third-order valence-electron chi connectivity index (χ3n) is 4.39. The van der Waals surface area contributed by atoms with Crippen LogP contribution in [0.25, 0.3) is 0 Å². The summed E-state index contributed by atoms with van der Waals surface area (Å²) >= 11 is 13.5. The van der Waals surface area contributed by atoms with Crippen LogP contribution in [-0.2, 0) is 24.2 Å². The van der Waals surface area contributed by atoms with Gasteiger partial charge in [0, 0.05) is 11.4 Å². The van der Waals surface area contributed by atoms with E-state index in [1.165, 1.54) is 4.88 Å². The van der Waals surface area contributed by atoms with Crippen LogP contribution in [0.5, 0.6) is 0 Å². The molecule has 7 heteroatoms. The minimum Gasteiger partial charge on any atom is -0.315 e. The van der Waals surface area contributed by atoms with E-state index in [-0.39, 0.29) is 12.5 Å². The molecule has 0 saturated heterocycles. The first kappa shape index (κ1) is 19.2. The molecule has 0 saturated carbocycles. The number of nitrogens with zero attached hydrogens (tertiary/aromatic N) is 2. The number of likely N-dealkylation sites (N-methyl/N-ethyl adjacent to an activating group) is 1. The molecule has 1 aromatic heterocycles. The van der Waals surface area contributed by atoms with Gasteiger partial charge in [-0.3, -0.25) is 9.69 Å². The van der Waals surface area contributed by atoms with Crippen LogP contribution in [0.15, 0.2) is 18.2 Å². The zero-order chi connectivity index (χ0) is 18.7. The Hall–Kier alpha value is -1.58. The number of hydrogen-bond donors (Lipinski definition) is 1. The van der Waals surface area contributed by atoms with E-state index in [1.807, 2.05) is 18.0 Å². The van der Waals surface area contributed by atoms with Crippen molar-refractivity contribution in [3.05, 3.63) is 49.8 Å². The minimum absolute atomic E-state index is 0.123. The number of thiophene rings is 1. The number of benzene rings is 1. The maximum Gasteiger partial charge on any atom is 0.239 e. The molecule has 136 valence electrons. The van der Waals surface area contributed by atoms with Crippen molar-refractivity contribution in [2.75, 3.05) is 18.9 Å². The number of carbonyl (C=O) groups is 1. The standard InChI is InChI=1S/C19H19Cl2N3OS/c1-24(10-12-6-7-15(20)16(21)8-12)11-18(25)23-19-14(9-22)13-4-2-3-5-17(13)26-19/h6-8H,2-5,10-11H2,1H3,(H,23,25). The molecule has 1 aliphatic rings. The monoisotopic (exact) mass is 407 g/mol. The van der Waals surface area contributed by atoms with Crippen molar-refractivity contribution in [1.29, 1.82) is 5.26 Å². The van der Waals surface area contributed by atoms with Gasteiger partial charge in [0.1, 0.15) is 11.1 Å². The normalized spacial score (nSPS) is 13.3. The van der Waals surface area contributed by atoms with Gasteiger partial charge in [-0.2, -0.15) is 5.26 Å². The number of amides is 1. The quantitative estimate of drug-likeness (QED) is 0.768. The maximum absolute atomic E-state index is 12.4. The van der Waals surface area contributed by atoms with Gasteiger partial charge in [0.25, 0.3) is 0 Å². The predicted molar refractivity (Wildman–Crippen MR) is 107 cm³/mol. The first-order valence-electron chi connectivity index (χ1n) is 8.45. The summed E-state index contributed by atoms with van der Waals surface area (Å²) in [6.07, 6.45) is 4.19. The fourth-order valence-electron chi connectivity index (χ4n) is 3.19. The van der Waals surface area contributed by atoms with Crippen molar-refractivity contribution >= 4 is 45.4 Å². The summed E-state index contributed by atoms with van der Waals surface area (Å²) < 4.78 is 0. The number of halogens is 2. The molecule has 0 spiro atoms. The second kappa shape index (κ2) is 8.41. The Morgan fingerprint density at radius 1 is 1.31 bits per heavy atom. The Balaban J connectivity index is 1.63. The molecule has 1 aliphatic carbocycles. The lowest BCUT2D eigenvalue weighted by molar-refractivity contribution is -0.117. The van der Waals surface area contributed by atoms with E-state index in [4.69, 9.17) is 23.2 Å². The third-order valence-corrected chi connectivity index (χ3v) is 6.33. The lowest BCUT2D eigenvalue weighted by Crippen LogP contribution is -2.29. The van der Waals surface area contributed by atoms with E-state index in [0.29, 0.717) is 27.2 Å². The summed E-state index contributed by atoms with van der Waals surface area (Å²) in [7, 11) is 1.87. The number of rotatable bonds is 5. The molecular weight excluding hydrogens is 389 g/mol. The second-order valence-corrected chi connectivity index (χ2v) is 8.42. The highest BCUT2D eigenvalue weighted by molar-refractivity contribution is 7.16. The summed E-state index contributed by atoms with van der Waals surface area (Å²) in [5.41, 5.74) is 2.76. The fraction of sp³-hybridized carbons (Fsp3) is 0.368. The van der Waals surface area contributed by atoms with E-state index in [0.717, 1.165) is 36.8 Å². The number of nitrogens with one attached hydrogen (secondary N) is 1. The van der Waals surface area contributed by atoms with E-state index < -0.39 is 0 Å². The Labute approximate surface area is 167 Å². The highest BCUT2D eigenvalue weighted by Gasteiger charge is 2.22. The molecule has 0 fully saturated rings. The maximum atomic E-state index is 12.4. The van der Waals surface area contributed by atoms with Gasteiger partial charge in [0.2, 0.25) is 5.91 Å². The number of nitriles is 1. The van der Waals surface area contributed by atoms with E-state index in [1.54, 1.807) is 23.5 Å². The fourth-order valence-corrected chi connectivity index (χ4v) is 4.77. The average molecular weight is 408 g/mol. The Morgan fingerprint density at radius 2 is 2.08 bits per heavy atom. The molecule has 0 radical (unpaired) electrons. The van der Waals surface area contributed by atoms with Gasteiger partial charge in [0.05, 0.1) is 22.2 Å². The third kappa shape index (κ3) is 4.39. The molecule has 0 atom stereocenters. The predicted octanol–water partition coefficient (Wildman–Crippen LogP) is 4.88. The van der Waals surface area contributed by atoms with Crippen LogP contribution in [-0.4, -0.2) is 24.4 Å². The van der Waals surface area contributed by atoms with E-state index in [2.05, 4.69) is 11.4 Å². The minimum atomic E-state index is -0.123. The van der Waals surface area contributed by atoms with Crippen molar-refractivity contribution in [2.45, 2.75) is 32.2 Å². The van der Waals surface area contributed by atoms with Crippen LogP contribution in [0.2, 0.25) is 10.0 Å². The van der Waals surface area contributed by atoms with Gasteiger partial charge in [-0.05, 0) is 56.0 Å². The Bertz CT molecular complexity index is 872. The van der Waals surface area contributed by atoms with Crippen LogP contribution in [0.3, 0.4) is 0 Å². The molecule has 0 aliphatic heterocycles. The lowest BCUT2D eigenvalue weighted by Gasteiger charge is -2.16. The van der Waals surface area contributed by atoms with Crippen molar-refractivity contribution < 1.29 is 4.79 Å². The van der Waals surface area contributed by atoms with Gasteiger partial charge >= 0.3 is 0 Å². The zero-order valence-electron chi connectivity index (χ0n) is 14.4. The molecule has 26 heavy (non-hydrogen) atoms. The summed E-state index contributed by atoms with van der Waals surface area (Å²) in [5.74, 6) is -0.123. The largest absolute Gasteiger partial charge is 0.315 e. The number of aryl methyl sites for hydroxylation is 1. The van der Waals surface area contributed by atoms with Crippen LogP contribution >= 0.6 is 34.5 Å². The van der Waals surface area contributed by atoms with Crippen LogP contribution in [0.4, 0.5) is 5.00 Å². The second-order valence-electron chi connectivity index (χ2n) is 6.50. The molecule has 3 rings (SSSR count). The SMILES string of the molecule is CN(CC(=O)Nc1sc2c(c1C#N)CCCC2)Cc1ccc(Cl)c(Cl)c1. The zero-order valence-corrected chi connectivity index (χ0v) is 16.8. The lowest BCUT2D eigenvalue weighted by atomic mass is 9.96.